The summed E-state index contributed by atoms with van der Waals surface area (Å²) in [4.78, 5) is 50.5. The van der Waals surface area contributed by atoms with Gasteiger partial charge in [-0.15, -0.1) is 0 Å². The summed E-state index contributed by atoms with van der Waals surface area (Å²) >= 11 is 5.67. The molecule has 0 unspecified atom stereocenters. The monoisotopic (exact) mass is 469 g/mol. The lowest BCUT2D eigenvalue weighted by Gasteiger charge is -2.29. The molecule has 7 nitrogen and oxygen atoms in total. The van der Waals surface area contributed by atoms with Gasteiger partial charge >= 0.3 is 5.92 Å². The highest BCUT2D eigenvalue weighted by Crippen LogP contribution is 2.30. The van der Waals surface area contributed by atoms with Crippen LogP contribution in [0.4, 0.5) is 8.78 Å². The number of hydrogen-bond donors (Lipinski definition) is 2. The number of rotatable bonds is 5. The molecule has 32 heavy (non-hydrogen) atoms. The predicted molar refractivity (Wildman–Crippen MR) is 110 cm³/mol. The van der Waals surface area contributed by atoms with Crippen LogP contribution >= 0.6 is 11.6 Å². The van der Waals surface area contributed by atoms with E-state index in [9.17, 15) is 28.0 Å². The molecule has 2 heterocycles. The molecule has 2 N–H and O–H groups in total. The molecule has 0 spiro atoms. The minimum Gasteiger partial charge on any atom is -0.346 e. The van der Waals surface area contributed by atoms with Gasteiger partial charge in [0.15, 0.2) is 1.41 Å². The van der Waals surface area contributed by atoms with Crippen molar-refractivity contribution in [1.82, 2.24) is 15.5 Å². The Morgan fingerprint density at radius 1 is 1.31 bits per heavy atom. The molecule has 2 aliphatic rings. The molecule has 0 saturated carbocycles. The van der Waals surface area contributed by atoms with Crippen molar-refractivity contribution in [3.8, 4) is 0 Å². The first-order chi connectivity index (χ1) is 18.2. The van der Waals surface area contributed by atoms with Gasteiger partial charge in [0.1, 0.15) is 6.02 Å². The molecule has 10 heteroatoms. The van der Waals surface area contributed by atoms with Crippen LogP contribution in [0.1, 0.15) is 49.4 Å². The van der Waals surface area contributed by atoms with E-state index < -0.39 is 77.8 Å². The summed E-state index contributed by atoms with van der Waals surface area (Å²) in [5.74, 6) is -10.9. The molecule has 0 aliphatic carbocycles. The van der Waals surface area contributed by atoms with E-state index in [-0.39, 0.29) is 16.1 Å². The second-order valence-electron chi connectivity index (χ2n) is 6.76. The smallest absolute Gasteiger partial charge is 0.346 e. The van der Waals surface area contributed by atoms with Crippen LogP contribution in [0.5, 0.6) is 0 Å². The SMILES string of the molecule is [2H]N(C(=O)C(F)(F)c1ccc(Cl)cc1)C([2H])([2H])c1ccc2c(c1)CN([C@]1([2H])C(=O)NC(=O)C([2H])([2H])C1([2H])[2H])C2=O. The molecular weight excluding hydrogens is 444 g/mol. The number of carbonyl (C=O) groups is 4. The zero-order valence-corrected chi connectivity index (χ0v) is 16.7. The van der Waals surface area contributed by atoms with Crippen LogP contribution in [0.15, 0.2) is 42.5 Å². The Morgan fingerprint density at radius 3 is 2.75 bits per heavy atom. The normalized spacial score (nSPS) is 28.0. The number of amides is 4. The fraction of sp³-hybridized carbons (Fsp3) is 0.273. The van der Waals surface area contributed by atoms with Gasteiger partial charge in [0, 0.05) is 41.0 Å². The van der Waals surface area contributed by atoms with Crippen LogP contribution in [-0.4, -0.2) is 34.5 Å². The van der Waals surface area contributed by atoms with Gasteiger partial charge in [0.2, 0.25) is 11.8 Å². The summed E-state index contributed by atoms with van der Waals surface area (Å²) in [5.41, 5.74) is -1.79. The number of carbonyl (C=O) groups excluding carboxylic acids is 4. The Balaban J connectivity index is 1.67. The maximum atomic E-state index is 14.8. The van der Waals surface area contributed by atoms with Gasteiger partial charge in [-0.1, -0.05) is 35.9 Å². The van der Waals surface area contributed by atoms with Crippen LogP contribution in [0.3, 0.4) is 0 Å². The zero-order valence-electron chi connectivity index (χ0n) is 23.9. The van der Waals surface area contributed by atoms with Crippen molar-refractivity contribution in [2.24, 2.45) is 0 Å². The number of nitrogens with one attached hydrogen (secondary N) is 2. The fourth-order valence-electron chi connectivity index (χ4n) is 3.10. The molecule has 0 aromatic heterocycles. The van der Waals surface area contributed by atoms with Gasteiger partial charge in [-0.25, -0.2) is 0 Å². The first-order valence-electron chi connectivity index (χ1n) is 13.0. The predicted octanol–water partition coefficient (Wildman–Crippen LogP) is 2.51. The molecule has 1 fully saturated rings. The number of piperidine rings is 1. The van der Waals surface area contributed by atoms with Gasteiger partial charge < -0.3 is 10.2 Å². The quantitative estimate of drug-likeness (QED) is 0.658. The highest BCUT2D eigenvalue weighted by molar-refractivity contribution is 6.30. The Morgan fingerprint density at radius 2 is 2.03 bits per heavy atom. The lowest BCUT2D eigenvalue weighted by atomic mass is 10.0. The van der Waals surface area contributed by atoms with Crippen LogP contribution in [-0.2, 0) is 33.3 Å². The van der Waals surface area contributed by atoms with Gasteiger partial charge in [-0.05, 0) is 35.7 Å². The first-order valence-corrected chi connectivity index (χ1v) is 9.39. The van der Waals surface area contributed by atoms with Crippen LogP contribution in [0.2, 0.25) is 6.43 Å². The Bertz CT molecular complexity index is 1460. The topological polar surface area (TPSA) is 95.6 Å². The molecule has 166 valence electrons. The summed E-state index contributed by atoms with van der Waals surface area (Å²) in [6.07, 6.45) is -6.94. The number of fused-ring (bicyclic) bond motifs is 1. The molecule has 4 rings (SSSR count). The molecular formula is C22H18ClF2N3O4. The highest BCUT2D eigenvalue weighted by Gasteiger charge is 2.41. The van der Waals surface area contributed by atoms with Crippen molar-refractivity contribution < 1.29 is 39.0 Å². The van der Waals surface area contributed by atoms with Crippen LogP contribution in [0.25, 0.3) is 0 Å². The van der Waals surface area contributed by atoms with E-state index in [0.717, 1.165) is 42.5 Å². The summed E-state index contributed by atoms with van der Waals surface area (Å²) in [6, 6.07) is 3.36. The minimum atomic E-state index is -4.32. The largest absolute Gasteiger partial charge is 0.349 e. The second-order valence-corrected chi connectivity index (χ2v) is 7.19. The van der Waals surface area contributed by atoms with E-state index in [1.807, 2.05) is 0 Å². The Hall–Kier alpha value is -3.33. The number of nitrogens with zero attached hydrogens (tertiary/aromatic N) is 1. The van der Waals surface area contributed by atoms with Gasteiger partial charge in [0.05, 0.1) is 4.11 Å². The van der Waals surface area contributed by atoms with E-state index in [1.54, 1.807) is 5.32 Å². The zero-order chi connectivity index (χ0) is 30.2. The first kappa shape index (κ1) is 13.9. The molecule has 2 aliphatic heterocycles. The van der Waals surface area contributed by atoms with Gasteiger partial charge in [0.25, 0.3) is 11.8 Å². The molecule has 0 radical (unpaired) electrons. The van der Waals surface area contributed by atoms with E-state index >= 15 is 0 Å². The summed E-state index contributed by atoms with van der Waals surface area (Å²) < 4.78 is 94.3. The van der Waals surface area contributed by atoms with Crippen molar-refractivity contribution in [3.63, 3.8) is 0 Å². The molecule has 4 amide bonds. The maximum absolute atomic E-state index is 14.8. The third-order valence-corrected chi connectivity index (χ3v) is 4.93. The van der Waals surface area contributed by atoms with Crippen molar-refractivity contribution in [2.45, 2.75) is 37.7 Å². The van der Waals surface area contributed by atoms with Crippen molar-refractivity contribution in [2.75, 3.05) is 0 Å². The number of alkyl halides is 2. The number of halogens is 3. The van der Waals surface area contributed by atoms with E-state index in [0.29, 0.717) is 4.90 Å². The van der Waals surface area contributed by atoms with E-state index in [2.05, 4.69) is 0 Å². The lowest BCUT2D eigenvalue weighted by molar-refractivity contribution is -0.147. The molecule has 0 bridgehead atoms. The van der Waals surface area contributed by atoms with Crippen LogP contribution < -0.4 is 10.6 Å². The average Bonchev–Trinajstić information content (AvgIpc) is 3.22. The van der Waals surface area contributed by atoms with Crippen LogP contribution in [0, 0.1) is 0 Å². The number of imide groups is 1. The van der Waals surface area contributed by atoms with E-state index in [4.69, 9.17) is 22.6 Å². The van der Waals surface area contributed by atoms with Gasteiger partial charge in [-0.3, -0.25) is 24.5 Å². The standard InChI is InChI=1S/C22H18ClF2N3O4/c23-15-4-2-14(3-5-15)22(24,25)21(32)26-10-12-1-6-16-13(9-12)11-28(20(16)31)17-7-8-18(29)27-19(17)30/h1-6,9,17H,7-8,10-11H2,(H,26,32)(H,27,29,30)/t17-/m0/s1/i7D2,8D2,10D2,17D/hD. The second kappa shape index (κ2) is 8.31. The molecule has 2 aromatic carbocycles. The Labute approximate surface area is 198 Å². The fourth-order valence-corrected chi connectivity index (χ4v) is 3.22. The number of benzene rings is 2. The summed E-state index contributed by atoms with van der Waals surface area (Å²) in [7, 11) is 0. The van der Waals surface area contributed by atoms with E-state index in [1.165, 1.54) is 0 Å². The maximum Gasteiger partial charge on any atom is 0.349 e. The third-order valence-electron chi connectivity index (χ3n) is 4.68. The highest BCUT2D eigenvalue weighted by atomic mass is 35.5. The third kappa shape index (κ3) is 4.08. The molecule has 1 atom stereocenters. The minimum absolute atomic E-state index is 0.0998. The summed E-state index contributed by atoms with van der Waals surface area (Å²) in [5, 5.41) is 1.08. The molecule has 1 saturated heterocycles. The Kier molecular flexibility index (Phi) is 3.62. The van der Waals surface area contributed by atoms with Crippen molar-refractivity contribution >= 4 is 35.2 Å². The van der Waals surface area contributed by atoms with Gasteiger partial charge in [-0.2, -0.15) is 8.78 Å². The number of hydrogen-bond acceptors (Lipinski definition) is 4. The van der Waals surface area contributed by atoms with Crippen molar-refractivity contribution in [1.29, 1.82) is 0 Å². The lowest BCUT2D eigenvalue weighted by Crippen LogP contribution is -2.52. The summed E-state index contributed by atoms with van der Waals surface area (Å²) in [6.45, 7) is -3.94. The van der Waals surface area contributed by atoms with Crippen molar-refractivity contribution in [3.05, 3.63) is 69.7 Å². The molecule has 2 aromatic rings. The average molecular weight is 470 g/mol.